The Hall–Kier alpha value is -10.9. The van der Waals surface area contributed by atoms with Crippen molar-refractivity contribution in [3.05, 3.63) is 307 Å². The number of hydrogen-bond acceptors (Lipinski definition) is 2. The maximum Gasteiger partial charge on any atom is 0.252 e. The highest BCUT2D eigenvalue weighted by Gasteiger charge is 2.46. The number of aromatic nitrogens is 2. The predicted octanol–water partition coefficient (Wildman–Crippen LogP) is 23.4. The fourth-order valence-corrected chi connectivity index (χ4v) is 14.0. The molecule has 470 valence electrons. The molecule has 15 aromatic rings. The van der Waals surface area contributed by atoms with E-state index in [-0.39, 0.29) is 146 Å². The third-order valence-electron chi connectivity index (χ3n) is 18.5. The second kappa shape index (κ2) is 24.1. The number of rotatable bonds is 14. The highest BCUT2D eigenvalue weighted by molar-refractivity contribution is 7.00. The molecule has 4 heterocycles. The van der Waals surface area contributed by atoms with Crippen LogP contribution in [-0.2, 0) is 11.8 Å². The van der Waals surface area contributed by atoms with Gasteiger partial charge in [-0.2, -0.15) is 0 Å². The molecule has 0 bridgehead atoms. The average Bonchev–Trinajstić information content (AvgIpc) is 1.65. The smallest absolute Gasteiger partial charge is 0.252 e. The molecule has 2 aliphatic heterocycles. The lowest BCUT2D eigenvalue weighted by Gasteiger charge is -2.46. The molecule has 0 saturated heterocycles. The van der Waals surface area contributed by atoms with E-state index in [4.69, 9.17) is 11.0 Å². The summed E-state index contributed by atoms with van der Waals surface area (Å²) in [5, 5.41) is -1.38. The first kappa shape index (κ1) is 32.7. The van der Waals surface area contributed by atoms with Gasteiger partial charge >= 0.3 is 0 Å². The minimum Gasteiger partial charge on any atom is -0.310 e. The molecule has 2 aromatic heterocycles. The van der Waals surface area contributed by atoms with Crippen LogP contribution in [0.2, 0.25) is 0 Å². The van der Waals surface area contributed by atoms with Gasteiger partial charge < -0.3 is 18.9 Å². The second-order valence-corrected chi connectivity index (χ2v) is 26.1. The van der Waals surface area contributed by atoms with Crippen LogP contribution in [0.4, 0.5) is 34.1 Å². The van der Waals surface area contributed by atoms with Crippen molar-refractivity contribution in [1.82, 2.24) is 9.13 Å². The lowest BCUT2D eigenvalue weighted by Crippen LogP contribution is -2.61. The van der Waals surface area contributed by atoms with E-state index in [1.54, 1.807) is 92.9 Å². The fraction of sp³-hybridized carbons (Fsp3) is 0.152. The van der Waals surface area contributed by atoms with Crippen molar-refractivity contribution in [1.29, 1.82) is 0 Å². The van der Waals surface area contributed by atoms with E-state index < -0.39 is 258 Å². The largest absolute Gasteiger partial charge is 0.310 e. The van der Waals surface area contributed by atoms with E-state index >= 15 is 0 Å². The van der Waals surface area contributed by atoms with Gasteiger partial charge in [0, 0.05) is 77.9 Å². The highest BCUT2D eigenvalue weighted by atomic mass is 15.2. The third kappa shape index (κ3) is 10.2. The maximum absolute atomic E-state index is 10.2. The molecule has 0 amide bonds. The average molecular weight is 1290 g/mol. The Kier molecular flexibility index (Phi) is 8.13. The van der Waals surface area contributed by atoms with E-state index in [9.17, 15) is 38.4 Å². The van der Waals surface area contributed by atoms with Crippen molar-refractivity contribution in [2.75, 3.05) is 9.80 Å². The van der Waals surface area contributed by atoms with E-state index in [1.807, 2.05) is 13.8 Å². The Bertz CT molecular complexity index is 7350. The third-order valence-corrected chi connectivity index (χ3v) is 18.5. The van der Waals surface area contributed by atoms with E-state index in [0.717, 1.165) is 0 Å². The number of fused-ring (bicyclic) bond motifs is 10. The maximum atomic E-state index is 10.2. The standard InChI is InChI=1S/C92H79BN4/c1-60(2)30-20-21-31-62-52-87-89-88(53-62)97(91-77(65-36-16-10-17-37-65)56-68(92(5,6)7)57-78(91)66-38-18-11-19-39-66)86-59-70(95-83-46-28-24-42-73(83)74-43-25-29-47-84(74)95)49-51-80(86)93(89)79-50-48-69(94-81-44-26-22-40-71(81)72-41-23-27-45-82(72)94)58-85(79)96(87)90-75(63-32-12-8-13-33-63)54-67(61(3)4)55-76(90)64-34-14-9-15-35-64/h8-19,22-29,32-61H,20-21,30-31H2,1-7H3/i8D,9D,10D,11D,12D,13D,14D,15D,16D,17D,18D,19D,22D,23D,24D,25D,26D,27D,28D,29D,32D,33D,34D,35D,36D,37D,38D,39D,40D,41D,42D,43D,44D,45D,46D,47D. The summed E-state index contributed by atoms with van der Waals surface area (Å²) < 4.78 is 348. The summed E-state index contributed by atoms with van der Waals surface area (Å²) in [5.74, 6) is -0.501. The van der Waals surface area contributed by atoms with Crippen LogP contribution in [-0.4, -0.2) is 15.8 Å². The number of hydrogen-bond donors (Lipinski definition) is 0. The quantitative estimate of drug-likeness (QED) is 0.0797. The van der Waals surface area contributed by atoms with Gasteiger partial charge in [0.25, 0.3) is 6.71 Å². The molecule has 0 aliphatic carbocycles. The first-order valence-electron chi connectivity index (χ1n) is 50.1. The van der Waals surface area contributed by atoms with E-state index in [0.29, 0.717) is 30.4 Å². The van der Waals surface area contributed by atoms with Crippen LogP contribution in [0.15, 0.2) is 290 Å². The van der Waals surface area contributed by atoms with Crippen molar-refractivity contribution in [2.45, 2.75) is 85.5 Å². The number of unbranched alkanes of at least 4 members (excludes halogenated alkanes) is 1. The molecule has 0 fully saturated rings. The zero-order valence-electron chi connectivity index (χ0n) is 89.8. The number of anilines is 6. The summed E-state index contributed by atoms with van der Waals surface area (Å²) >= 11 is 0. The molecule has 4 nitrogen and oxygen atoms in total. The molecular formula is C92H79BN4. The van der Waals surface area contributed by atoms with Crippen molar-refractivity contribution >= 4 is 101 Å². The van der Waals surface area contributed by atoms with Gasteiger partial charge in [-0.05, 0) is 170 Å². The summed E-state index contributed by atoms with van der Waals surface area (Å²) in [6.07, 6.45) is 1.65. The number of nitrogens with zero attached hydrogens (tertiary/aromatic N) is 4. The molecule has 0 saturated carbocycles. The summed E-state index contributed by atoms with van der Waals surface area (Å²) in [7, 11) is 0. The topological polar surface area (TPSA) is 16.3 Å². The minimum atomic E-state index is -1.41. The van der Waals surface area contributed by atoms with Crippen LogP contribution in [0.1, 0.15) is 140 Å². The van der Waals surface area contributed by atoms with Crippen LogP contribution < -0.4 is 26.2 Å². The molecule has 0 spiro atoms. The predicted molar refractivity (Wildman–Crippen MR) is 416 cm³/mol. The van der Waals surface area contributed by atoms with Crippen molar-refractivity contribution in [3.63, 3.8) is 0 Å². The number of aryl methyl sites for hydroxylation is 1. The molecule has 13 aromatic carbocycles. The van der Waals surface area contributed by atoms with Crippen LogP contribution in [0.5, 0.6) is 0 Å². The van der Waals surface area contributed by atoms with Gasteiger partial charge in [0.15, 0.2) is 0 Å². The Labute approximate surface area is 622 Å². The highest BCUT2D eigenvalue weighted by Crippen LogP contribution is 2.55. The minimum absolute atomic E-state index is 0.00412. The summed E-state index contributed by atoms with van der Waals surface area (Å²) in [6, 6.07) is -9.72. The zero-order valence-corrected chi connectivity index (χ0v) is 53.8. The SMILES string of the molecule is [2H]c1c([2H])c([2H])c(-c2cc(C(C)C)cc(-c3c([2H])c([2H])c([2H])c([2H])c3[2H])c2N2c3cc(-n4c5c([2H])c([2H])c([2H])c([2H])c5c5c([2H])c([2H])c([2H])c([2H])c54)ccc3B3c4ccc(-n5c6c([2H])c([2H])c([2H])c([2H])c6c6c([2H])c([2H])c([2H])c([2H])c65)cc4N(c4c(-c5c([2H])c([2H])c([2H])c([2H])c5[2H])cc(C(C)(C)C)cc4-c4c([2H])c([2H])c([2H])c([2H])c4[2H])c4cc(CCCCC(C)C)cc2c43)c([2H])c1[2H]. The Balaban J connectivity index is 1.18. The van der Waals surface area contributed by atoms with E-state index in [1.165, 1.54) is 33.4 Å². The first-order valence-corrected chi connectivity index (χ1v) is 32.1. The van der Waals surface area contributed by atoms with Crippen molar-refractivity contribution in [3.8, 4) is 55.9 Å². The number of para-hydroxylation sites is 4. The van der Waals surface area contributed by atoms with Crippen molar-refractivity contribution < 1.29 is 49.3 Å². The van der Waals surface area contributed by atoms with Gasteiger partial charge in [0.05, 0.1) is 82.8 Å². The van der Waals surface area contributed by atoms with E-state index in [2.05, 4.69) is 0 Å². The van der Waals surface area contributed by atoms with Gasteiger partial charge in [0.2, 0.25) is 0 Å². The van der Waals surface area contributed by atoms with Gasteiger partial charge in [-0.25, -0.2) is 0 Å². The molecule has 0 unspecified atom stereocenters. The van der Waals surface area contributed by atoms with Gasteiger partial charge in [-0.1, -0.05) is 267 Å². The molecule has 5 heteroatoms. The summed E-state index contributed by atoms with van der Waals surface area (Å²) in [5.41, 5.74) is -5.19. The molecule has 97 heavy (non-hydrogen) atoms. The van der Waals surface area contributed by atoms with Crippen LogP contribution >= 0.6 is 0 Å². The molecule has 0 radical (unpaired) electrons. The molecule has 17 rings (SSSR count). The fourth-order valence-electron chi connectivity index (χ4n) is 14.0. The van der Waals surface area contributed by atoms with Gasteiger partial charge in [-0.15, -0.1) is 0 Å². The lowest BCUT2D eigenvalue weighted by molar-refractivity contribution is 0.538. The normalized spacial score (nSPS) is 18.0. The first-order chi connectivity index (χ1) is 62.4. The van der Waals surface area contributed by atoms with Gasteiger partial charge in [-0.3, -0.25) is 0 Å². The lowest BCUT2D eigenvalue weighted by atomic mass is 9.33. The van der Waals surface area contributed by atoms with Crippen LogP contribution in [0, 0.1) is 5.92 Å². The zero-order chi connectivity index (χ0) is 97.0. The number of benzene rings is 13. The van der Waals surface area contributed by atoms with Crippen LogP contribution in [0.25, 0.3) is 99.5 Å². The second-order valence-electron chi connectivity index (χ2n) is 26.1. The van der Waals surface area contributed by atoms with Gasteiger partial charge in [0.1, 0.15) is 0 Å². The Morgan fingerprint density at radius 3 is 1.08 bits per heavy atom. The van der Waals surface area contributed by atoms with Crippen molar-refractivity contribution in [2.24, 2.45) is 5.92 Å². The molecule has 2 aliphatic rings. The summed E-state index contributed by atoms with van der Waals surface area (Å²) in [6.45, 7) is 11.5. The Morgan fingerprint density at radius 2 is 0.732 bits per heavy atom. The molecule has 0 N–H and O–H groups in total. The monoisotopic (exact) mass is 1290 g/mol. The Morgan fingerprint density at radius 1 is 0.381 bits per heavy atom. The van der Waals surface area contributed by atoms with Crippen LogP contribution in [0.3, 0.4) is 0 Å². The molecular weight excluding hydrogens is 1170 g/mol. The molecule has 0 atom stereocenters. The summed E-state index contributed by atoms with van der Waals surface area (Å²) in [4.78, 5) is 3.15.